The summed E-state index contributed by atoms with van der Waals surface area (Å²) in [5, 5.41) is 26.9. The normalized spacial score (nSPS) is 23.5. The van der Waals surface area contributed by atoms with Gasteiger partial charge in [0.25, 0.3) is 0 Å². The lowest BCUT2D eigenvalue weighted by molar-refractivity contribution is -0.211. The zero-order valence-corrected chi connectivity index (χ0v) is 29.5. The van der Waals surface area contributed by atoms with E-state index >= 15 is 0 Å². The minimum Gasteiger partial charge on any atom is -0.448 e. The van der Waals surface area contributed by atoms with Crippen molar-refractivity contribution in [2.45, 2.75) is 75.4 Å². The number of aromatic nitrogens is 8. The van der Waals surface area contributed by atoms with Crippen molar-refractivity contribution in [2.24, 2.45) is 0 Å². The number of hydrogen-bond acceptors (Lipinski definition) is 13. The summed E-state index contributed by atoms with van der Waals surface area (Å²) in [5.41, 5.74) is 2.69. The zero-order chi connectivity index (χ0) is 37.4. The predicted molar refractivity (Wildman–Crippen MR) is 188 cm³/mol. The fourth-order valence-corrected chi connectivity index (χ4v) is 7.59. The molecule has 3 aromatic heterocycles. The maximum Gasteiger partial charge on any atom is 0.490 e. The number of anilines is 2. The molecular formula is C36H40F3N11O4. The summed E-state index contributed by atoms with van der Waals surface area (Å²) in [4.78, 5) is 32.5. The minimum absolute atomic E-state index is 0.0708. The number of halogens is 3. The van der Waals surface area contributed by atoms with E-state index in [9.17, 15) is 23.1 Å². The van der Waals surface area contributed by atoms with Crippen LogP contribution in [0, 0.1) is 0 Å². The molecule has 0 aliphatic carbocycles. The highest BCUT2D eigenvalue weighted by atomic mass is 19.4. The van der Waals surface area contributed by atoms with E-state index in [0.717, 1.165) is 43.5 Å². The van der Waals surface area contributed by atoms with Crippen molar-refractivity contribution in [3.63, 3.8) is 0 Å². The van der Waals surface area contributed by atoms with E-state index in [1.807, 2.05) is 36.4 Å². The Morgan fingerprint density at radius 1 is 1.04 bits per heavy atom. The van der Waals surface area contributed by atoms with E-state index in [4.69, 9.17) is 19.4 Å². The third-order valence-electron chi connectivity index (χ3n) is 10.4. The molecule has 5 aromatic rings. The van der Waals surface area contributed by atoms with E-state index in [1.54, 1.807) is 6.92 Å². The Kier molecular flexibility index (Phi) is 9.89. The number of esters is 1. The van der Waals surface area contributed by atoms with E-state index < -0.39 is 36.7 Å². The summed E-state index contributed by atoms with van der Waals surface area (Å²) in [6.45, 7) is 6.01. The number of tetrazole rings is 1. The molecule has 54 heavy (non-hydrogen) atoms. The Balaban J connectivity index is 1.18. The number of fused-ring (bicyclic) bond motifs is 1. The van der Waals surface area contributed by atoms with E-state index in [1.165, 1.54) is 15.7 Å². The second-order valence-electron chi connectivity index (χ2n) is 13.7. The lowest BCUT2D eigenvalue weighted by atomic mass is 9.91. The molecular weight excluding hydrogens is 707 g/mol. The van der Waals surface area contributed by atoms with Gasteiger partial charge < -0.3 is 24.8 Å². The van der Waals surface area contributed by atoms with Crippen LogP contribution in [0.3, 0.4) is 0 Å². The first-order valence-electron chi connectivity index (χ1n) is 18.1. The zero-order valence-electron chi connectivity index (χ0n) is 29.5. The van der Waals surface area contributed by atoms with Gasteiger partial charge in [-0.05, 0) is 55.6 Å². The average Bonchev–Trinajstić information content (AvgIpc) is 4.03. The number of imidazole rings is 1. The molecule has 0 unspecified atom stereocenters. The number of aliphatic hydroxyl groups excluding tert-OH is 1. The minimum atomic E-state index is -5.33. The second kappa shape index (κ2) is 14.9. The summed E-state index contributed by atoms with van der Waals surface area (Å²) < 4.78 is 53.1. The summed E-state index contributed by atoms with van der Waals surface area (Å²) in [6, 6.07) is 20.5. The number of ether oxygens (including phenoxy) is 2. The fraction of sp³-hybridized carbons (Fsp3) is 0.472. The van der Waals surface area contributed by atoms with Crippen LogP contribution in [-0.2, 0) is 20.8 Å². The van der Waals surface area contributed by atoms with Crippen molar-refractivity contribution in [3.05, 3.63) is 83.9 Å². The monoisotopic (exact) mass is 747 g/mol. The number of carbonyl (C=O) groups is 1. The van der Waals surface area contributed by atoms with Crippen molar-refractivity contribution in [3.8, 4) is 0 Å². The Bertz CT molecular complexity index is 2020. The van der Waals surface area contributed by atoms with Crippen LogP contribution in [0.1, 0.15) is 61.4 Å². The number of rotatable bonds is 11. The number of aryl methyl sites for hydroxylation is 1. The highest BCUT2D eigenvalue weighted by Gasteiger charge is 2.53. The van der Waals surface area contributed by atoms with Gasteiger partial charge in [-0.1, -0.05) is 60.7 Å². The summed E-state index contributed by atoms with van der Waals surface area (Å²) in [5.74, 6) is -1.83. The third-order valence-corrected chi connectivity index (χ3v) is 10.4. The second-order valence-corrected chi connectivity index (χ2v) is 13.7. The first-order chi connectivity index (χ1) is 26.2. The summed E-state index contributed by atoms with van der Waals surface area (Å²) in [7, 11) is 0. The molecule has 0 amide bonds. The largest absolute Gasteiger partial charge is 0.490 e. The number of benzene rings is 2. The van der Waals surface area contributed by atoms with Crippen LogP contribution in [0.2, 0.25) is 0 Å². The lowest BCUT2D eigenvalue weighted by Crippen LogP contribution is -2.38. The van der Waals surface area contributed by atoms with Crippen molar-refractivity contribution < 1.29 is 32.5 Å². The van der Waals surface area contributed by atoms with Crippen molar-refractivity contribution in [1.29, 1.82) is 0 Å². The molecule has 284 valence electrons. The molecule has 15 nitrogen and oxygen atoms in total. The molecule has 0 radical (unpaired) electrons. The van der Waals surface area contributed by atoms with Gasteiger partial charge in [0.1, 0.15) is 6.10 Å². The maximum atomic E-state index is 13.5. The van der Waals surface area contributed by atoms with Gasteiger partial charge >= 0.3 is 12.1 Å². The molecule has 2 aromatic carbocycles. The number of nitrogens with one attached hydrogen (secondary N) is 1. The van der Waals surface area contributed by atoms with Crippen LogP contribution < -0.4 is 10.2 Å². The number of likely N-dealkylation sites (tertiary alicyclic amines) is 1. The van der Waals surface area contributed by atoms with Gasteiger partial charge in [-0.25, -0.2) is 9.78 Å². The van der Waals surface area contributed by atoms with Gasteiger partial charge in [-0.3, -0.25) is 9.47 Å². The molecule has 6 heterocycles. The standard InChI is InChI=1S/C36H40F3N11O4/c1-2-50-45-31(44-46-50)28-27(51)29(54-34(52)36(37,38)39)33(53-28)49-21-41-26-30(40-19-25(22-11-5-3-6-12-22)23-13-7-4-8-14-23)42-35(43-32(26)49)48-18-15-24(20-48)47-16-9-10-17-47/h3-8,11-14,21,24-25,27-29,33,51H,2,9-10,15-20H2,1H3,(H,40,42,43)/t24-,27-,28+,29-,33-/m1/s1. The third kappa shape index (κ3) is 7.07. The Labute approximate surface area is 308 Å². The van der Waals surface area contributed by atoms with Gasteiger partial charge in [-0.2, -0.15) is 27.9 Å². The highest BCUT2D eigenvalue weighted by molar-refractivity contribution is 5.84. The van der Waals surface area contributed by atoms with E-state index in [-0.39, 0.29) is 17.4 Å². The number of carbonyl (C=O) groups excluding carboxylic acids is 1. The van der Waals surface area contributed by atoms with Gasteiger partial charge in [-0.15, -0.1) is 10.2 Å². The maximum absolute atomic E-state index is 13.5. The molecule has 3 saturated heterocycles. The van der Waals surface area contributed by atoms with Gasteiger partial charge in [0.05, 0.1) is 12.9 Å². The molecule has 2 N–H and O–H groups in total. The Morgan fingerprint density at radius 3 is 2.39 bits per heavy atom. The summed E-state index contributed by atoms with van der Waals surface area (Å²) >= 11 is 0. The molecule has 3 aliphatic heterocycles. The molecule has 0 saturated carbocycles. The van der Waals surface area contributed by atoms with Gasteiger partial charge in [0, 0.05) is 31.6 Å². The van der Waals surface area contributed by atoms with Crippen LogP contribution in [-0.4, -0.2) is 113 Å². The van der Waals surface area contributed by atoms with Crippen molar-refractivity contribution in [2.75, 3.05) is 42.9 Å². The van der Waals surface area contributed by atoms with Crippen LogP contribution in [0.4, 0.5) is 24.9 Å². The first kappa shape index (κ1) is 35.8. The Morgan fingerprint density at radius 2 is 1.74 bits per heavy atom. The van der Waals surface area contributed by atoms with E-state index in [0.29, 0.717) is 49.5 Å². The van der Waals surface area contributed by atoms with Gasteiger partial charge in [0.15, 0.2) is 35.4 Å². The fourth-order valence-electron chi connectivity index (χ4n) is 7.59. The molecule has 0 spiro atoms. The first-order valence-corrected chi connectivity index (χ1v) is 18.1. The molecule has 18 heteroatoms. The molecule has 0 bridgehead atoms. The van der Waals surface area contributed by atoms with Crippen molar-refractivity contribution >= 4 is 28.9 Å². The number of alkyl halides is 3. The predicted octanol–water partition coefficient (Wildman–Crippen LogP) is 3.86. The topological polar surface area (TPSA) is 161 Å². The SMILES string of the molecule is CCn1nnc([C@H]2O[C@@H](n3cnc4c(NCC(c5ccccc5)c5ccccc5)nc(N5CC[C@@H](N6CCCC6)C5)nc43)[C@H](OC(=O)C(F)(F)F)[C@@H]2O)n1. The number of aliphatic hydroxyl groups is 1. The number of nitrogens with zero attached hydrogens (tertiary/aromatic N) is 10. The smallest absolute Gasteiger partial charge is 0.448 e. The van der Waals surface area contributed by atoms with Crippen molar-refractivity contribution in [1.82, 2.24) is 44.6 Å². The highest BCUT2D eigenvalue weighted by Crippen LogP contribution is 2.42. The molecule has 3 aliphatic rings. The summed E-state index contributed by atoms with van der Waals surface area (Å²) in [6.07, 6.45) is -7.25. The van der Waals surface area contributed by atoms with Gasteiger partial charge in [0.2, 0.25) is 11.8 Å². The van der Waals surface area contributed by atoms with Crippen LogP contribution in [0.25, 0.3) is 11.2 Å². The Hall–Kier alpha value is -5.20. The number of hydrogen-bond donors (Lipinski definition) is 2. The van der Waals surface area contributed by atoms with Crippen LogP contribution in [0.5, 0.6) is 0 Å². The molecule has 5 atom stereocenters. The molecule has 3 fully saturated rings. The molecule has 8 rings (SSSR count). The lowest BCUT2D eigenvalue weighted by Gasteiger charge is -2.25. The average molecular weight is 748 g/mol. The quantitative estimate of drug-likeness (QED) is 0.188. The van der Waals surface area contributed by atoms with E-state index in [2.05, 4.69) is 59.8 Å². The van der Waals surface area contributed by atoms with Crippen LogP contribution in [0.15, 0.2) is 67.0 Å². The van der Waals surface area contributed by atoms with Crippen LogP contribution >= 0.6 is 0 Å².